The second-order valence-electron chi connectivity index (χ2n) is 5.80. The molecule has 1 aromatic carbocycles. The highest BCUT2D eigenvalue weighted by Gasteiger charge is 2.17. The third-order valence-corrected chi connectivity index (χ3v) is 4.26. The number of hydrogen-bond acceptors (Lipinski definition) is 2. The maximum absolute atomic E-state index is 8.03. The van der Waals surface area contributed by atoms with Crippen LogP contribution in [0.2, 0.25) is 0 Å². The Bertz CT molecular complexity index is 660. The van der Waals surface area contributed by atoms with E-state index in [1.54, 1.807) is 0 Å². The Balaban J connectivity index is 0.000000847. The second-order valence-corrected chi connectivity index (χ2v) is 5.80. The number of fused-ring (bicyclic) bond motifs is 1. The Labute approximate surface area is 133 Å². The summed E-state index contributed by atoms with van der Waals surface area (Å²) in [4.78, 5) is 4.53. The van der Waals surface area contributed by atoms with Crippen molar-refractivity contribution in [1.82, 2.24) is 9.55 Å². The Kier molecular flexibility index (Phi) is 5.53. The van der Waals surface area contributed by atoms with Crippen molar-refractivity contribution >= 4 is 16.7 Å². The van der Waals surface area contributed by atoms with Crippen LogP contribution in [0.1, 0.15) is 64.5 Å². The molecule has 0 amide bonds. The van der Waals surface area contributed by atoms with E-state index in [1.807, 2.05) is 39.2 Å². The van der Waals surface area contributed by atoms with E-state index in [4.69, 9.17) is 5.41 Å². The maximum atomic E-state index is 8.03. The quantitative estimate of drug-likeness (QED) is 0.745. The summed E-state index contributed by atoms with van der Waals surface area (Å²) in [5, 5.41) is 8.03. The minimum Gasteiger partial charge on any atom is -0.327 e. The van der Waals surface area contributed by atoms with E-state index in [-0.39, 0.29) is 0 Å². The predicted octanol–water partition coefficient (Wildman–Crippen LogP) is 5.51. The van der Waals surface area contributed by atoms with E-state index >= 15 is 0 Å². The molecule has 1 aromatic heterocycles. The fraction of sp³-hybridized carbons (Fsp3) is 0.474. The van der Waals surface area contributed by atoms with Gasteiger partial charge in [0.2, 0.25) is 0 Å². The standard InChI is InChI=1S/C17H21N3.C2H6/c1-12(2)17(18)13-8-9-16-15(10-13)19-11-20(16)14-6-4-3-5-7-14;1-2/h8-11,14,18H,1,3-7H2,2H3;1-2H3. The Hall–Kier alpha value is -1.90. The van der Waals surface area contributed by atoms with Crippen molar-refractivity contribution < 1.29 is 0 Å². The van der Waals surface area contributed by atoms with Gasteiger partial charge in [-0.3, -0.25) is 0 Å². The van der Waals surface area contributed by atoms with E-state index < -0.39 is 0 Å². The van der Waals surface area contributed by atoms with Gasteiger partial charge < -0.3 is 9.98 Å². The van der Waals surface area contributed by atoms with Crippen molar-refractivity contribution in [3.63, 3.8) is 0 Å². The summed E-state index contributed by atoms with van der Waals surface area (Å²) < 4.78 is 2.32. The van der Waals surface area contributed by atoms with Crippen molar-refractivity contribution in [2.45, 2.75) is 58.9 Å². The average Bonchev–Trinajstić information content (AvgIpc) is 2.99. The SMILES string of the molecule is C=C(C)C(=N)c1ccc2c(c1)ncn2C1CCCCC1.CC. The van der Waals surface area contributed by atoms with Crippen LogP contribution in [0.4, 0.5) is 0 Å². The zero-order chi connectivity index (χ0) is 16.1. The van der Waals surface area contributed by atoms with Crippen LogP contribution in [-0.4, -0.2) is 15.3 Å². The monoisotopic (exact) mass is 297 g/mol. The molecule has 1 heterocycles. The third-order valence-electron chi connectivity index (χ3n) is 4.26. The van der Waals surface area contributed by atoms with Crippen LogP contribution in [-0.2, 0) is 0 Å². The maximum Gasteiger partial charge on any atom is 0.0960 e. The van der Waals surface area contributed by atoms with Gasteiger partial charge in [0.15, 0.2) is 0 Å². The summed E-state index contributed by atoms with van der Waals surface area (Å²) in [5.41, 5.74) is 4.36. The van der Waals surface area contributed by atoms with Crippen LogP contribution < -0.4 is 0 Å². The van der Waals surface area contributed by atoms with Crippen LogP contribution in [0.3, 0.4) is 0 Å². The summed E-state index contributed by atoms with van der Waals surface area (Å²) in [6, 6.07) is 6.72. The highest BCUT2D eigenvalue weighted by Crippen LogP contribution is 2.31. The first kappa shape index (κ1) is 16.5. The lowest BCUT2D eigenvalue weighted by Gasteiger charge is -2.23. The smallest absolute Gasteiger partial charge is 0.0960 e. The van der Waals surface area contributed by atoms with Crippen LogP contribution in [0.25, 0.3) is 11.0 Å². The topological polar surface area (TPSA) is 41.7 Å². The Morgan fingerprint density at radius 1 is 1.23 bits per heavy atom. The van der Waals surface area contributed by atoms with Crippen LogP contribution in [0.5, 0.6) is 0 Å². The number of imidazole rings is 1. The predicted molar refractivity (Wildman–Crippen MR) is 94.8 cm³/mol. The van der Waals surface area contributed by atoms with Crippen molar-refractivity contribution in [2.24, 2.45) is 0 Å². The number of rotatable bonds is 3. The molecule has 0 atom stereocenters. The number of hydrogen-bond donors (Lipinski definition) is 1. The molecule has 2 aromatic rings. The number of nitrogens with zero attached hydrogens (tertiary/aromatic N) is 2. The zero-order valence-electron chi connectivity index (χ0n) is 14.0. The van der Waals surface area contributed by atoms with Crippen LogP contribution in [0.15, 0.2) is 36.7 Å². The molecule has 1 aliphatic rings. The Morgan fingerprint density at radius 3 is 2.55 bits per heavy atom. The highest BCUT2D eigenvalue weighted by molar-refractivity contribution is 6.11. The molecule has 0 saturated heterocycles. The number of benzene rings is 1. The largest absolute Gasteiger partial charge is 0.327 e. The zero-order valence-corrected chi connectivity index (χ0v) is 14.0. The minimum atomic E-state index is 0.499. The first-order valence-corrected chi connectivity index (χ1v) is 8.38. The molecule has 0 bridgehead atoms. The van der Waals surface area contributed by atoms with Crippen molar-refractivity contribution in [2.75, 3.05) is 0 Å². The molecule has 3 rings (SSSR count). The van der Waals surface area contributed by atoms with E-state index in [0.29, 0.717) is 11.8 Å². The fourth-order valence-corrected chi connectivity index (χ4v) is 3.08. The van der Waals surface area contributed by atoms with Crippen LogP contribution >= 0.6 is 0 Å². The molecule has 1 aliphatic carbocycles. The van der Waals surface area contributed by atoms with Gasteiger partial charge in [0, 0.05) is 11.6 Å². The van der Waals surface area contributed by atoms with Gasteiger partial charge in [-0.05, 0) is 37.5 Å². The molecule has 22 heavy (non-hydrogen) atoms. The Morgan fingerprint density at radius 2 is 1.91 bits per heavy atom. The lowest BCUT2D eigenvalue weighted by atomic mass is 9.95. The number of allylic oxidation sites excluding steroid dienone is 1. The van der Waals surface area contributed by atoms with E-state index in [0.717, 1.165) is 16.7 Å². The molecule has 1 fully saturated rings. The normalized spacial score (nSPS) is 15.2. The molecule has 3 heteroatoms. The summed E-state index contributed by atoms with van der Waals surface area (Å²) >= 11 is 0. The number of aromatic nitrogens is 2. The van der Waals surface area contributed by atoms with Gasteiger partial charge in [-0.2, -0.15) is 0 Å². The lowest BCUT2D eigenvalue weighted by molar-refractivity contribution is 0.359. The van der Waals surface area contributed by atoms with Gasteiger partial charge in [0.1, 0.15) is 0 Å². The highest BCUT2D eigenvalue weighted by atomic mass is 15.1. The fourth-order valence-electron chi connectivity index (χ4n) is 3.08. The summed E-state index contributed by atoms with van der Waals surface area (Å²) in [5.74, 6) is 0. The van der Waals surface area contributed by atoms with Crippen LogP contribution in [0, 0.1) is 5.41 Å². The van der Waals surface area contributed by atoms with Gasteiger partial charge in [0.25, 0.3) is 0 Å². The van der Waals surface area contributed by atoms with Gasteiger partial charge in [-0.15, -0.1) is 0 Å². The van der Waals surface area contributed by atoms with E-state index in [1.165, 1.54) is 37.6 Å². The molecule has 0 unspecified atom stereocenters. The lowest BCUT2D eigenvalue weighted by Crippen LogP contribution is -2.11. The number of nitrogens with one attached hydrogen (secondary N) is 1. The molecule has 0 spiro atoms. The van der Waals surface area contributed by atoms with Gasteiger partial charge in [-0.25, -0.2) is 4.98 Å². The van der Waals surface area contributed by atoms with Crippen molar-refractivity contribution in [3.8, 4) is 0 Å². The summed E-state index contributed by atoms with van der Waals surface area (Å²) in [6.45, 7) is 9.71. The third kappa shape index (κ3) is 3.29. The average molecular weight is 297 g/mol. The molecule has 1 N–H and O–H groups in total. The first-order valence-electron chi connectivity index (χ1n) is 8.38. The van der Waals surface area contributed by atoms with E-state index in [9.17, 15) is 0 Å². The van der Waals surface area contributed by atoms with Gasteiger partial charge >= 0.3 is 0 Å². The van der Waals surface area contributed by atoms with Gasteiger partial charge in [0.05, 0.1) is 23.1 Å². The minimum absolute atomic E-state index is 0.499. The summed E-state index contributed by atoms with van der Waals surface area (Å²) in [7, 11) is 0. The molecule has 118 valence electrons. The van der Waals surface area contributed by atoms with Crippen molar-refractivity contribution in [3.05, 3.63) is 42.2 Å². The van der Waals surface area contributed by atoms with Crippen molar-refractivity contribution in [1.29, 1.82) is 5.41 Å². The van der Waals surface area contributed by atoms with E-state index in [2.05, 4.69) is 22.2 Å². The molecular weight excluding hydrogens is 270 g/mol. The molecule has 3 nitrogen and oxygen atoms in total. The molecule has 0 aliphatic heterocycles. The summed E-state index contributed by atoms with van der Waals surface area (Å²) in [6.07, 6.45) is 8.49. The molecular formula is C19H27N3. The second kappa shape index (κ2) is 7.39. The molecule has 0 radical (unpaired) electrons. The van der Waals surface area contributed by atoms with Gasteiger partial charge in [-0.1, -0.05) is 45.8 Å². The first-order chi connectivity index (χ1) is 10.7. The molecule has 1 saturated carbocycles.